The van der Waals surface area contributed by atoms with Gasteiger partial charge in [-0.1, -0.05) is 27.7 Å². The first-order valence-corrected chi connectivity index (χ1v) is 30.3. The van der Waals surface area contributed by atoms with E-state index in [1.54, 1.807) is 59.9 Å². The summed E-state index contributed by atoms with van der Waals surface area (Å²) in [6.45, 7) is 17.4. The second kappa shape index (κ2) is 27.2. The molecule has 0 aliphatic heterocycles. The third kappa shape index (κ3) is 14.9. The van der Waals surface area contributed by atoms with Crippen molar-refractivity contribution >= 4 is 56.9 Å². The second-order valence-corrected chi connectivity index (χ2v) is 26.0. The predicted molar refractivity (Wildman–Crippen MR) is 305 cm³/mol. The molecule has 4 saturated carbocycles. The highest BCUT2D eigenvalue weighted by Crippen LogP contribution is 2.68. The molecule has 4 fully saturated rings. The average Bonchev–Trinajstić information content (AvgIpc) is 4.08. The van der Waals surface area contributed by atoms with E-state index in [1.807, 2.05) is 6.07 Å². The Morgan fingerprint density at radius 1 is 0.861 bits per heavy atom. The smallest absolute Gasteiger partial charge is 0.410 e. The highest BCUT2D eigenvalue weighted by Gasteiger charge is 2.60. The molecule has 0 spiro atoms. The first kappa shape index (κ1) is 61.6. The molecule has 79 heavy (non-hydrogen) atoms. The molecule has 4 amide bonds. The van der Waals surface area contributed by atoms with Gasteiger partial charge in [0.05, 0.1) is 42.7 Å². The minimum Gasteiger partial charge on any atom is -0.410 e. The van der Waals surface area contributed by atoms with Gasteiger partial charge in [0.15, 0.2) is 16.6 Å². The molecule has 17 heteroatoms. The van der Waals surface area contributed by atoms with Crippen molar-refractivity contribution in [1.82, 2.24) is 25.4 Å². The summed E-state index contributed by atoms with van der Waals surface area (Å²) < 4.78 is 17.9. The van der Waals surface area contributed by atoms with Crippen LogP contribution in [0.2, 0.25) is 0 Å². The number of ether oxygens (including phenoxy) is 3. The number of aromatic nitrogens is 1. The highest BCUT2D eigenvalue weighted by molar-refractivity contribution is 7.19. The lowest BCUT2D eigenvalue weighted by Gasteiger charge is -2.61. The fourth-order valence-corrected chi connectivity index (χ4v) is 15.5. The SMILES string of the molecule is CC1=C(C)C(=O)C(C(C)(C)CC(=O)N(C)CCN(CCOCCOCCC(=O)NCCCCC(C)NC(=O)CCCC2CCC3C4CCC5C[C@H](O)CCC5(C)C4CCC23C)C(=O)Oc2ccc3nc(C#N)sc3c2)=C(C)C1=O. The van der Waals surface area contributed by atoms with Gasteiger partial charge in [0.2, 0.25) is 17.7 Å². The summed E-state index contributed by atoms with van der Waals surface area (Å²) in [5.41, 5.74) is 1.98. The first-order valence-electron chi connectivity index (χ1n) is 29.5. The maximum absolute atomic E-state index is 13.6. The number of Topliss-reactive ketones (excluding diaryl/α,β-unsaturated/α-hetero) is 2. The number of aliphatic hydroxyl groups excluding tert-OH is 1. The molecule has 16 nitrogen and oxygen atoms in total. The molecule has 5 aliphatic rings. The summed E-state index contributed by atoms with van der Waals surface area (Å²) in [7, 11) is 1.62. The van der Waals surface area contributed by atoms with Gasteiger partial charge in [0.25, 0.3) is 0 Å². The number of fused-ring (bicyclic) bond motifs is 6. The van der Waals surface area contributed by atoms with Gasteiger partial charge in [-0.05, 0) is 170 Å². The molecular weight excluding hydrogens is 1020 g/mol. The second-order valence-electron chi connectivity index (χ2n) is 25.0. The summed E-state index contributed by atoms with van der Waals surface area (Å²) in [5.74, 6) is 3.47. The van der Waals surface area contributed by atoms with Gasteiger partial charge < -0.3 is 39.8 Å². The quantitative estimate of drug-likeness (QED) is 0.0592. The minimum absolute atomic E-state index is 0.0330. The molecule has 0 radical (unpaired) electrons. The van der Waals surface area contributed by atoms with Crippen LogP contribution in [-0.2, 0) is 33.4 Å². The lowest BCUT2D eigenvalue weighted by molar-refractivity contribution is -0.132. The molecule has 1 aromatic carbocycles. The molecule has 8 unspecified atom stereocenters. The number of nitriles is 1. The van der Waals surface area contributed by atoms with E-state index in [4.69, 9.17) is 14.2 Å². The number of carbonyl (C=O) groups is 6. The van der Waals surface area contributed by atoms with Gasteiger partial charge in [-0.25, -0.2) is 9.78 Å². The topological polar surface area (TPSA) is 218 Å². The molecule has 3 N–H and O–H groups in total. The number of carbonyl (C=O) groups excluding carboxylic acids is 6. The van der Waals surface area contributed by atoms with Crippen molar-refractivity contribution in [2.24, 2.45) is 45.8 Å². The maximum atomic E-state index is 13.6. The van der Waals surface area contributed by atoms with Crippen LogP contribution in [0.1, 0.15) is 170 Å². The van der Waals surface area contributed by atoms with E-state index in [0.29, 0.717) is 73.1 Å². The molecule has 1 aromatic heterocycles. The van der Waals surface area contributed by atoms with Crippen molar-refractivity contribution in [3.8, 4) is 11.8 Å². The Balaban J connectivity index is 0.748. The molecule has 434 valence electrons. The molecule has 2 aromatic rings. The van der Waals surface area contributed by atoms with Crippen LogP contribution in [0, 0.1) is 57.2 Å². The predicted octanol–water partition coefficient (Wildman–Crippen LogP) is 10.1. The lowest BCUT2D eigenvalue weighted by Crippen LogP contribution is -2.53. The van der Waals surface area contributed by atoms with Gasteiger partial charge in [-0.15, -0.1) is 11.3 Å². The van der Waals surface area contributed by atoms with Crippen LogP contribution in [0.4, 0.5) is 4.79 Å². The van der Waals surface area contributed by atoms with E-state index in [2.05, 4.69) is 36.4 Å². The highest BCUT2D eigenvalue weighted by atomic mass is 32.1. The molecule has 1 heterocycles. The number of hydrogen-bond acceptors (Lipinski definition) is 13. The fraction of sp³-hybridized carbons (Fsp3) is 0.710. The minimum atomic E-state index is -0.926. The number of unbranched alkanes of at least 4 members (excludes halogenated alkanes) is 1. The Bertz CT molecular complexity index is 2660. The van der Waals surface area contributed by atoms with Gasteiger partial charge in [0.1, 0.15) is 11.8 Å². The molecule has 9 atom stereocenters. The Kier molecular flexibility index (Phi) is 21.2. The number of benzene rings is 1. The first-order chi connectivity index (χ1) is 37.6. The number of likely N-dealkylation sites (N-methyl/N-ethyl adjacent to an activating group) is 1. The van der Waals surface area contributed by atoms with Crippen molar-refractivity contribution in [2.45, 2.75) is 177 Å². The number of allylic oxidation sites excluding steroid dienone is 4. The standard InChI is InChI=1S/C62H90N6O10S/c1-39(65-53(71)15-12-14-43-17-20-48-47-19-16-44-35-45(69)22-25-62(44,8)49(47)23-26-61(43,48)7)13-10-11-27-64-52(70)24-31-76-33-34-77-32-30-68(59(75)78-46-18-21-50-51(36-46)79-54(38-63)66-50)29-28-67(9)55(72)37-60(5,6)56-42(4)57(73)40(2)41(3)58(56)74/h18,21,36,39,43-45,47-49,69H,10-17,19-20,22-35,37H2,1-9H3,(H,64,70)(H,65,71)/t39?,43?,44?,45-,47?,48?,49?,61?,62?/m1/s1. The van der Waals surface area contributed by atoms with Crippen LogP contribution in [-0.4, -0.2) is 127 Å². The summed E-state index contributed by atoms with van der Waals surface area (Å²) in [6.07, 6.45) is 15.7. The number of aliphatic hydroxyl groups is 1. The van der Waals surface area contributed by atoms with E-state index < -0.39 is 11.5 Å². The molecular formula is C62H90N6O10S. The van der Waals surface area contributed by atoms with Crippen molar-refractivity contribution in [1.29, 1.82) is 5.26 Å². The number of amides is 4. The van der Waals surface area contributed by atoms with E-state index in [0.717, 1.165) is 62.7 Å². The van der Waals surface area contributed by atoms with Crippen molar-refractivity contribution in [2.75, 3.05) is 59.7 Å². The Labute approximate surface area is 473 Å². The summed E-state index contributed by atoms with van der Waals surface area (Å²) in [6, 6.07) is 7.04. The van der Waals surface area contributed by atoms with E-state index >= 15 is 0 Å². The van der Waals surface area contributed by atoms with Gasteiger partial charge >= 0.3 is 6.09 Å². The fourth-order valence-electron chi connectivity index (χ4n) is 14.7. The van der Waals surface area contributed by atoms with Crippen molar-refractivity contribution in [3.63, 3.8) is 0 Å². The van der Waals surface area contributed by atoms with E-state index in [-0.39, 0.29) is 106 Å². The lowest BCUT2D eigenvalue weighted by atomic mass is 9.44. The molecule has 0 bridgehead atoms. The summed E-state index contributed by atoms with van der Waals surface area (Å²) in [5, 5.41) is 26.2. The van der Waals surface area contributed by atoms with Crippen LogP contribution < -0.4 is 15.4 Å². The number of ketones is 2. The number of rotatable bonds is 26. The average molecular weight is 1110 g/mol. The van der Waals surface area contributed by atoms with E-state index in [9.17, 15) is 39.1 Å². The Morgan fingerprint density at radius 2 is 1.58 bits per heavy atom. The monoisotopic (exact) mass is 1110 g/mol. The third-order valence-electron chi connectivity index (χ3n) is 19.4. The zero-order valence-electron chi connectivity index (χ0n) is 48.8. The van der Waals surface area contributed by atoms with Crippen LogP contribution in [0.3, 0.4) is 0 Å². The zero-order valence-corrected chi connectivity index (χ0v) is 49.6. The molecule has 5 aliphatic carbocycles. The molecule has 7 rings (SSSR count). The van der Waals surface area contributed by atoms with Crippen LogP contribution in [0.5, 0.6) is 5.75 Å². The summed E-state index contributed by atoms with van der Waals surface area (Å²) >= 11 is 1.19. The van der Waals surface area contributed by atoms with Crippen LogP contribution in [0.15, 0.2) is 40.5 Å². The zero-order chi connectivity index (χ0) is 57.2. The Morgan fingerprint density at radius 3 is 2.34 bits per heavy atom. The number of hydrogen-bond donors (Lipinski definition) is 3. The van der Waals surface area contributed by atoms with E-state index in [1.165, 1.54) is 66.1 Å². The maximum Gasteiger partial charge on any atom is 0.415 e. The van der Waals surface area contributed by atoms with Gasteiger partial charge in [-0.2, -0.15) is 5.26 Å². The Hall–Kier alpha value is -5.02. The summed E-state index contributed by atoms with van der Waals surface area (Å²) in [4.78, 5) is 86.2. The number of nitrogens with one attached hydrogen (secondary N) is 2. The number of nitrogens with zero attached hydrogens (tertiary/aromatic N) is 4. The number of thiazole rings is 1. The molecule has 0 saturated heterocycles. The third-order valence-corrected chi connectivity index (χ3v) is 20.4. The van der Waals surface area contributed by atoms with Gasteiger partial charge in [-0.3, -0.25) is 24.0 Å². The largest absolute Gasteiger partial charge is 0.415 e. The van der Waals surface area contributed by atoms with Crippen molar-refractivity contribution in [3.05, 3.63) is 45.5 Å². The normalized spacial score (nSPS) is 26.2. The van der Waals surface area contributed by atoms with Crippen LogP contribution >= 0.6 is 11.3 Å². The van der Waals surface area contributed by atoms with Gasteiger partial charge in [0, 0.05) is 92.3 Å². The van der Waals surface area contributed by atoms with Crippen molar-refractivity contribution < 1.29 is 48.1 Å². The van der Waals surface area contributed by atoms with Crippen LogP contribution in [0.25, 0.3) is 10.2 Å².